The number of imidazole rings is 1. The van der Waals surface area contributed by atoms with Crippen LogP contribution in [0, 0.1) is 17.8 Å². The van der Waals surface area contributed by atoms with Crippen LogP contribution >= 0.6 is 0 Å². The molecule has 3 fully saturated rings. The van der Waals surface area contributed by atoms with E-state index in [1.54, 1.807) is 0 Å². The summed E-state index contributed by atoms with van der Waals surface area (Å²) in [5.74, 6) is 3.72. The van der Waals surface area contributed by atoms with Gasteiger partial charge in [-0.1, -0.05) is 26.2 Å². The standard InChI is InChI=1S/C27H40N8O2/c1-16-10-12-19(13-11-16)15-35-21-22(28-18(3)20-8-6-9-20)29-24(25-32-27(36)37-33-25)30-23(21)31-26(35)34-14-5-4-7-17(34)2/h16-20H,4-15H2,1-3H3,(H,28,29,30)(H,32,33,36)/t16?,17-,18+,19?/m0/s1. The fourth-order valence-electron chi connectivity index (χ4n) is 6.39. The van der Waals surface area contributed by atoms with Gasteiger partial charge < -0.3 is 19.3 Å². The van der Waals surface area contributed by atoms with Crippen LogP contribution in [0.15, 0.2) is 9.32 Å². The highest BCUT2D eigenvalue weighted by molar-refractivity contribution is 5.87. The zero-order valence-electron chi connectivity index (χ0n) is 22.4. The Balaban J connectivity index is 1.48. The summed E-state index contributed by atoms with van der Waals surface area (Å²) in [7, 11) is 0. The van der Waals surface area contributed by atoms with Gasteiger partial charge in [-0.3, -0.25) is 0 Å². The minimum absolute atomic E-state index is 0.231. The third kappa shape index (κ3) is 4.86. The molecule has 2 aliphatic carbocycles. The Kier molecular flexibility index (Phi) is 6.67. The first-order chi connectivity index (χ1) is 18.0. The minimum atomic E-state index is -0.684. The van der Waals surface area contributed by atoms with Crippen LogP contribution in [0.5, 0.6) is 0 Å². The molecule has 4 heterocycles. The van der Waals surface area contributed by atoms with E-state index in [9.17, 15) is 4.79 Å². The highest BCUT2D eigenvalue weighted by Crippen LogP contribution is 2.37. The van der Waals surface area contributed by atoms with Gasteiger partial charge in [-0.25, -0.2) is 14.8 Å². The molecule has 0 spiro atoms. The summed E-state index contributed by atoms with van der Waals surface area (Å²) in [5.41, 5.74) is 1.61. The zero-order chi connectivity index (χ0) is 25.5. The average Bonchev–Trinajstić information content (AvgIpc) is 3.43. The van der Waals surface area contributed by atoms with Gasteiger partial charge in [-0.15, -0.1) is 4.98 Å². The van der Waals surface area contributed by atoms with Crippen molar-refractivity contribution in [1.29, 1.82) is 0 Å². The van der Waals surface area contributed by atoms with Crippen LogP contribution in [-0.2, 0) is 6.54 Å². The molecule has 0 bridgehead atoms. The predicted molar refractivity (Wildman–Crippen MR) is 144 cm³/mol. The number of piperidine rings is 1. The van der Waals surface area contributed by atoms with Crippen LogP contribution in [0.4, 0.5) is 11.8 Å². The molecule has 6 rings (SSSR count). The molecule has 0 amide bonds. The second-order valence-electron chi connectivity index (χ2n) is 11.8. The molecule has 0 radical (unpaired) electrons. The number of nitrogens with one attached hydrogen (secondary N) is 2. The molecule has 3 aromatic heterocycles. The average molecular weight is 509 g/mol. The molecule has 200 valence electrons. The lowest BCUT2D eigenvalue weighted by Gasteiger charge is -2.36. The topological polar surface area (TPSA) is 118 Å². The number of aromatic amines is 1. The molecular formula is C27H40N8O2. The molecule has 2 atom stereocenters. The fraction of sp³-hybridized carbons (Fsp3) is 0.741. The predicted octanol–water partition coefficient (Wildman–Crippen LogP) is 4.98. The summed E-state index contributed by atoms with van der Waals surface area (Å²) in [4.78, 5) is 32.9. The maximum atomic E-state index is 11.7. The molecule has 2 N–H and O–H groups in total. The largest absolute Gasteiger partial charge is 0.460 e. The maximum Gasteiger partial charge on any atom is 0.460 e. The molecule has 1 saturated heterocycles. The van der Waals surface area contributed by atoms with Crippen molar-refractivity contribution >= 4 is 22.9 Å². The van der Waals surface area contributed by atoms with Crippen molar-refractivity contribution in [3.8, 4) is 11.6 Å². The molecular weight excluding hydrogens is 468 g/mol. The molecule has 10 heteroatoms. The van der Waals surface area contributed by atoms with Crippen molar-refractivity contribution < 1.29 is 4.52 Å². The number of H-pyrrole nitrogens is 1. The van der Waals surface area contributed by atoms with Gasteiger partial charge in [0.05, 0.1) is 0 Å². The summed E-state index contributed by atoms with van der Waals surface area (Å²) in [6, 6.07) is 0.715. The van der Waals surface area contributed by atoms with Crippen molar-refractivity contribution in [2.45, 2.75) is 104 Å². The molecule has 1 aliphatic heterocycles. The summed E-state index contributed by atoms with van der Waals surface area (Å²) in [6.07, 6.45) is 12.4. The van der Waals surface area contributed by atoms with Crippen LogP contribution < -0.4 is 16.0 Å². The van der Waals surface area contributed by atoms with Gasteiger partial charge in [0.2, 0.25) is 17.6 Å². The van der Waals surface area contributed by atoms with Crippen molar-refractivity contribution in [2.75, 3.05) is 16.8 Å². The van der Waals surface area contributed by atoms with Crippen molar-refractivity contribution in [1.82, 2.24) is 29.7 Å². The van der Waals surface area contributed by atoms with Gasteiger partial charge in [0.15, 0.2) is 11.5 Å². The van der Waals surface area contributed by atoms with E-state index in [2.05, 4.69) is 45.7 Å². The van der Waals surface area contributed by atoms with Crippen molar-refractivity contribution in [3.63, 3.8) is 0 Å². The van der Waals surface area contributed by atoms with Gasteiger partial charge in [0, 0.05) is 25.2 Å². The summed E-state index contributed by atoms with van der Waals surface area (Å²) in [6.45, 7) is 8.85. The van der Waals surface area contributed by atoms with Crippen molar-refractivity contribution in [2.24, 2.45) is 17.8 Å². The Bertz CT molecular complexity index is 1280. The smallest absolute Gasteiger partial charge is 0.365 e. The molecule has 2 saturated carbocycles. The van der Waals surface area contributed by atoms with E-state index in [0.717, 1.165) is 36.3 Å². The Morgan fingerprint density at radius 3 is 2.49 bits per heavy atom. The van der Waals surface area contributed by atoms with Gasteiger partial charge in [0.25, 0.3) is 0 Å². The molecule has 0 aromatic carbocycles. The van der Waals surface area contributed by atoms with Crippen LogP contribution in [0.3, 0.4) is 0 Å². The number of rotatable bonds is 7. The Labute approximate surface area is 217 Å². The zero-order valence-corrected chi connectivity index (χ0v) is 22.4. The number of anilines is 2. The molecule has 3 aliphatic rings. The highest BCUT2D eigenvalue weighted by Gasteiger charge is 2.31. The second kappa shape index (κ2) is 10.1. The quantitative estimate of drug-likeness (QED) is 0.459. The molecule has 10 nitrogen and oxygen atoms in total. The van der Waals surface area contributed by atoms with Gasteiger partial charge >= 0.3 is 5.76 Å². The maximum absolute atomic E-state index is 11.7. The van der Waals surface area contributed by atoms with E-state index < -0.39 is 5.76 Å². The van der Waals surface area contributed by atoms with E-state index >= 15 is 0 Å². The minimum Gasteiger partial charge on any atom is -0.365 e. The Hall–Kier alpha value is -2.91. The van der Waals surface area contributed by atoms with Crippen LogP contribution in [-0.4, -0.2) is 48.3 Å². The number of nitrogens with zero attached hydrogens (tertiary/aromatic N) is 6. The van der Waals surface area contributed by atoms with Crippen LogP contribution in [0.25, 0.3) is 22.8 Å². The first-order valence-corrected chi connectivity index (χ1v) is 14.3. The van der Waals surface area contributed by atoms with Crippen molar-refractivity contribution in [3.05, 3.63) is 10.6 Å². The van der Waals surface area contributed by atoms with Gasteiger partial charge in [0.1, 0.15) is 5.52 Å². The third-order valence-electron chi connectivity index (χ3n) is 9.09. The molecule has 3 aromatic rings. The van der Waals surface area contributed by atoms with E-state index in [-0.39, 0.29) is 11.9 Å². The monoisotopic (exact) mass is 508 g/mol. The van der Waals surface area contributed by atoms with Crippen LogP contribution in [0.2, 0.25) is 0 Å². The number of fused-ring (bicyclic) bond motifs is 1. The second-order valence-corrected chi connectivity index (χ2v) is 11.8. The molecule has 0 unspecified atom stereocenters. The normalized spacial score (nSPS) is 25.8. The highest BCUT2D eigenvalue weighted by atomic mass is 16.5. The third-order valence-corrected chi connectivity index (χ3v) is 9.09. The first kappa shape index (κ1) is 24.4. The van der Waals surface area contributed by atoms with Gasteiger partial charge in [-0.2, -0.15) is 10.1 Å². The van der Waals surface area contributed by atoms with E-state index in [1.165, 1.54) is 64.2 Å². The van der Waals surface area contributed by atoms with E-state index in [1.807, 2.05) is 0 Å². The Morgan fingerprint density at radius 2 is 1.81 bits per heavy atom. The van der Waals surface area contributed by atoms with Crippen LogP contribution in [0.1, 0.15) is 85.0 Å². The molecule has 37 heavy (non-hydrogen) atoms. The summed E-state index contributed by atoms with van der Waals surface area (Å²) >= 11 is 0. The number of aromatic nitrogens is 6. The Morgan fingerprint density at radius 1 is 1.00 bits per heavy atom. The van der Waals surface area contributed by atoms with Gasteiger partial charge in [-0.05, 0) is 76.5 Å². The SMILES string of the molecule is CC1CCC(Cn2c(N3CCCC[C@@H]3C)nc3nc(-c4nc(=O)o[nH]4)nc(N[C@H](C)C4CCC4)c32)CC1. The number of hydrogen-bond acceptors (Lipinski definition) is 8. The lowest BCUT2D eigenvalue weighted by atomic mass is 9.80. The summed E-state index contributed by atoms with van der Waals surface area (Å²) in [5, 5.41) is 6.31. The van der Waals surface area contributed by atoms with E-state index in [4.69, 9.17) is 19.5 Å². The lowest BCUT2D eigenvalue weighted by Crippen LogP contribution is -2.39. The lowest BCUT2D eigenvalue weighted by molar-refractivity contribution is 0.266. The first-order valence-electron chi connectivity index (χ1n) is 14.3. The fourth-order valence-corrected chi connectivity index (χ4v) is 6.39. The number of hydrogen-bond donors (Lipinski definition) is 2. The van der Waals surface area contributed by atoms with E-state index in [0.29, 0.717) is 29.3 Å². The summed E-state index contributed by atoms with van der Waals surface area (Å²) < 4.78 is 7.24.